The monoisotopic (exact) mass is 1470 g/mol. The summed E-state index contributed by atoms with van der Waals surface area (Å²) in [6.07, 6.45) is -2.41. The number of nitrogens with one attached hydrogen (secondary N) is 2. The second kappa shape index (κ2) is 37.9. The predicted octanol–water partition coefficient (Wildman–Crippen LogP) is 7.79. The van der Waals surface area contributed by atoms with E-state index in [1.807, 2.05) is 0 Å². The van der Waals surface area contributed by atoms with Crippen molar-refractivity contribution in [1.29, 1.82) is 0 Å². The van der Waals surface area contributed by atoms with Crippen LogP contribution in [0.1, 0.15) is 121 Å². The van der Waals surface area contributed by atoms with E-state index in [9.17, 15) is 85.9 Å². The van der Waals surface area contributed by atoms with Crippen molar-refractivity contribution >= 4 is 99.9 Å². The number of aliphatic carboxylic acids is 1. The average molecular weight is 1470 g/mol. The number of benzene rings is 4. The summed E-state index contributed by atoms with van der Waals surface area (Å²) in [6, 6.07) is 10.3. The van der Waals surface area contributed by atoms with Crippen molar-refractivity contribution in [2.24, 2.45) is 62.7 Å². The molecule has 3 heterocycles. The zero-order valence-electron chi connectivity index (χ0n) is 59.7. The number of cyclic esters (lactones) is 1. The highest BCUT2D eigenvalue weighted by Gasteiger charge is 2.42. The number of para-hydroxylation sites is 1. The minimum atomic E-state index is -2.52. The number of amides is 2. The first-order chi connectivity index (χ1) is 50.3. The number of aliphatic hydroxyl groups excluding tert-OH is 13. The number of ether oxygens (including phenoxy) is 2. The summed E-state index contributed by atoms with van der Waals surface area (Å²) in [6.45, 7) is 10.4. The smallest absolute Gasteiger partial charge is 0.334 e. The van der Waals surface area contributed by atoms with Gasteiger partial charge < -0.3 is 96.2 Å². The minimum Gasteiger partial charge on any atom is -0.497 e. The molecule has 15 atom stereocenters. The van der Waals surface area contributed by atoms with Gasteiger partial charge in [0.25, 0.3) is 5.91 Å². The third kappa shape index (κ3) is 21.4. The Hall–Kier alpha value is -11.4. The Morgan fingerprint density at radius 1 is 0.660 bits per heavy atom. The first-order valence-corrected chi connectivity index (χ1v) is 34.1. The second-order valence-corrected chi connectivity index (χ2v) is 26.0. The van der Waals surface area contributed by atoms with Crippen LogP contribution in [0, 0.1) is 17.8 Å². The van der Waals surface area contributed by atoms with E-state index in [0.717, 1.165) is 24.8 Å². The van der Waals surface area contributed by atoms with E-state index in [1.54, 1.807) is 87.5 Å². The van der Waals surface area contributed by atoms with Gasteiger partial charge in [-0.15, -0.1) is 0 Å². The van der Waals surface area contributed by atoms with Crippen LogP contribution in [0.5, 0.6) is 5.75 Å². The molecule has 1 aromatic heterocycles. The molecule has 7 rings (SSSR count). The normalized spacial score (nSPS) is 24.9. The molecular weight excluding hydrogens is 1380 g/mol. The van der Waals surface area contributed by atoms with Crippen LogP contribution in [0.4, 0.5) is 0 Å². The molecule has 2 aliphatic rings. The molecule has 0 saturated carbocycles. The Labute approximate surface area is 610 Å². The molecular formula is C74H92N12O20. The van der Waals surface area contributed by atoms with Gasteiger partial charge in [-0.25, -0.2) is 49.7 Å². The molecule has 16 N–H and O–H groups in total. The van der Waals surface area contributed by atoms with Crippen molar-refractivity contribution in [1.82, 2.24) is 15.2 Å². The summed E-state index contributed by atoms with van der Waals surface area (Å²) in [4.78, 5) is 97.4. The quantitative estimate of drug-likeness (QED) is 0.0331. The Morgan fingerprint density at radius 2 is 1.27 bits per heavy atom. The number of carboxylic acid groups (broad SMARTS) is 1. The summed E-state index contributed by atoms with van der Waals surface area (Å²) in [7, 11) is 1.39. The van der Waals surface area contributed by atoms with Gasteiger partial charge in [-0.1, -0.05) is 125 Å². The molecule has 0 aliphatic carbocycles. The van der Waals surface area contributed by atoms with Crippen LogP contribution in [-0.2, 0) is 23.9 Å². The molecule has 5 aromatic rings. The molecule has 32 nitrogen and oxygen atoms in total. The van der Waals surface area contributed by atoms with Crippen molar-refractivity contribution in [3.05, 3.63) is 149 Å². The number of carbonyl (C=O) groups is 4. The summed E-state index contributed by atoms with van der Waals surface area (Å²) in [5.41, 5.74) is 1.98. The number of carbonyl (C=O) groups excluding carboxylic acids is 3. The molecule has 1 saturated heterocycles. The Balaban J connectivity index is 1.44. The van der Waals surface area contributed by atoms with Crippen LogP contribution in [0.2, 0.25) is 0 Å². The van der Waals surface area contributed by atoms with Gasteiger partial charge in [0.1, 0.15) is 60.8 Å². The van der Waals surface area contributed by atoms with Gasteiger partial charge in [0.15, 0.2) is 24.2 Å². The van der Waals surface area contributed by atoms with E-state index < -0.39 is 186 Å². The predicted molar refractivity (Wildman–Crippen MR) is 400 cm³/mol. The molecule has 4 unspecified atom stereocenters. The number of hydrogen-bond acceptors (Lipinski definition) is 19. The highest BCUT2D eigenvalue weighted by molar-refractivity contribution is 5.99. The van der Waals surface area contributed by atoms with Gasteiger partial charge in [0.2, 0.25) is 65.2 Å². The fourth-order valence-electron chi connectivity index (χ4n) is 11.5. The fourth-order valence-corrected chi connectivity index (χ4v) is 11.5. The molecule has 106 heavy (non-hydrogen) atoms. The number of nitrogens with zero attached hydrogens (tertiary/aromatic N) is 10. The Morgan fingerprint density at radius 3 is 1.92 bits per heavy atom. The zero-order valence-corrected chi connectivity index (χ0v) is 59.7. The van der Waals surface area contributed by atoms with E-state index in [-0.39, 0.29) is 42.5 Å². The lowest BCUT2D eigenvalue weighted by atomic mass is 9.99. The first-order valence-electron chi connectivity index (χ1n) is 34.1. The van der Waals surface area contributed by atoms with Crippen LogP contribution in [0.3, 0.4) is 0 Å². The SMILES string of the molecule is C/C=C\c1ccccc1/C=C/C(=O)N[C@@H]1C(O)=N[C@@H](C)C(O)=N[C@@H]([C@H](C)C(=O)O)C(O)=NCC(O)=N[C@@H](C(O)c2ccccc2)C(=O)N2CCC[C@H]2C(O)=N[C@@H](C(O)c2ccc(OC)cc2)C(O)=N[C@H](c2c[nH]c3ccccc23)C(O)=NC(O)C(O)=N[C@H](CC(C)C)C(O)=N[C@@H]([C@@H](O)C(C)C)C(=O)OC1C. The zero-order chi connectivity index (χ0) is 77.8. The molecule has 4 aromatic carbocycles. The molecule has 0 radical (unpaired) electrons. The lowest BCUT2D eigenvalue weighted by molar-refractivity contribution is -0.154. The van der Waals surface area contributed by atoms with E-state index in [1.165, 1.54) is 88.7 Å². The number of rotatable bonds is 16. The van der Waals surface area contributed by atoms with Gasteiger partial charge in [0.05, 0.1) is 19.1 Å². The van der Waals surface area contributed by atoms with Crippen LogP contribution >= 0.6 is 0 Å². The summed E-state index contributed by atoms with van der Waals surface area (Å²) >= 11 is 0. The van der Waals surface area contributed by atoms with Gasteiger partial charge >= 0.3 is 11.9 Å². The topological polar surface area (TPSA) is 512 Å². The maximum atomic E-state index is 15.1. The lowest BCUT2D eigenvalue weighted by Crippen LogP contribution is -2.51. The lowest BCUT2D eigenvalue weighted by Gasteiger charge is -2.29. The number of esters is 1. The maximum absolute atomic E-state index is 15.1. The van der Waals surface area contributed by atoms with Crippen molar-refractivity contribution < 1.29 is 100 Å². The van der Waals surface area contributed by atoms with Crippen LogP contribution in [0.15, 0.2) is 166 Å². The maximum Gasteiger partial charge on any atom is 0.334 e. The molecule has 0 spiro atoms. The van der Waals surface area contributed by atoms with Crippen LogP contribution in [0.25, 0.3) is 23.1 Å². The average Bonchev–Trinajstić information content (AvgIpc) is 1.61. The van der Waals surface area contributed by atoms with Crippen LogP contribution in [-0.4, -0.2) is 245 Å². The first kappa shape index (κ1) is 81.9. The standard InChI is InChI=1S/C74H92N12O20/c1-10-19-42-20-14-15-21-43(42)29-32-52(87)79-55-41(8)106-74(104)59(60(89)38(4)5)84-64(93)50(34-37(2)3)78-70(99)71(100)85-68(97)56(48-35-75-49-25-17-16-24-47(48)49)82-69(98)57(61(90)45-27-30-46(105-9)31-28-45)83-65(94)51-26-18-33-86(51)72(101)58(62(91)44-22-12-11-13-23-44)80-53(88)36-76-66(95)54(39(6)73(102)103)81-63(92)40(7)77-67(55)96/h10-17,19-25,27-32,35,37-41,50-51,54-62,71,75,89-91,100H,18,26,33-34,36H2,1-9H3,(H,76,95)(H,77,96)(H,78,99)(H,79,87)(H,80,88)(H,81,92)(H,82,98)(H,83,94)(H,84,93)(H,85,97)(H,102,103)/b19-10-,32-29+/t39-,40-,41?,50+,51-,54-,55-,56+,57-,58-,59-,60-,61?,62?,71?/m0/s1. The van der Waals surface area contributed by atoms with E-state index >= 15 is 4.79 Å². The minimum absolute atomic E-state index is 0.0450. The highest BCUT2D eigenvalue weighted by atomic mass is 16.5. The number of hydrogen-bond donors (Lipinski definition) is 16. The number of aliphatic hydroxyl groups is 13. The number of carboxylic acids is 1. The molecule has 2 amide bonds. The van der Waals surface area contributed by atoms with Gasteiger partial charge in [-0.3, -0.25) is 14.4 Å². The summed E-state index contributed by atoms with van der Waals surface area (Å²) in [5.74, 6) is -17.3. The van der Waals surface area contributed by atoms with E-state index in [2.05, 4.69) is 55.2 Å². The number of H-pyrrole nitrogens is 1. The second-order valence-electron chi connectivity index (χ2n) is 26.0. The number of fused-ring (bicyclic) bond motifs is 2. The van der Waals surface area contributed by atoms with Crippen molar-refractivity contribution in [3.8, 4) is 5.75 Å². The molecule has 1 fully saturated rings. The van der Waals surface area contributed by atoms with Crippen molar-refractivity contribution in [2.75, 3.05) is 20.2 Å². The third-order valence-electron chi connectivity index (χ3n) is 17.4. The van der Waals surface area contributed by atoms with E-state index in [4.69, 9.17) is 9.47 Å². The molecule has 568 valence electrons. The number of aromatic amines is 1. The van der Waals surface area contributed by atoms with Gasteiger partial charge in [-0.2, -0.15) is 0 Å². The van der Waals surface area contributed by atoms with Gasteiger partial charge in [0, 0.05) is 35.3 Å². The highest BCUT2D eigenvalue weighted by Crippen LogP contribution is 2.33. The largest absolute Gasteiger partial charge is 0.497 e. The fraction of sp³-hybridized carbons (Fsp3) is 0.419. The van der Waals surface area contributed by atoms with Crippen molar-refractivity contribution in [2.45, 2.75) is 160 Å². The number of methoxy groups -OCH3 is 1. The molecule has 32 heteroatoms. The Kier molecular flexibility index (Phi) is 29.3. The molecule has 0 bridgehead atoms. The summed E-state index contributed by atoms with van der Waals surface area (Å²) in [5, 5.41) is 167. The number of aliphatic imine (C=N–C) groups is 9. The summed E-state index contributed by atoms with van der Waals surface area (Å²) < 4.78 is 11.1. The van der Waals surface area contributed by atoms with Crippen LogP contribution < -0.4 is 10.1 Å². The van der Waals surface area contributed by atoms with Crippen molar-refractivity contribution in [3.63, 3.8) is 0 Å². The number of aromatic nitrogens is 1. The Bertz CT molecular complexity index is 4220. The molecule has 2 aliphatic heterocycles. The van der Waals surface area contributed by atoms with E-state index in [0.29, 0.717) is 27.8 Å². The van der Waals surface area contributed by atoms with Gasteiger partial charge in [-0.05, 0) is 105 Å². The third-order valence-corrected chi connectivity index (χ3v) is 17.4. The number of allylic oxidation sites excluding steroid dienone is 1.